The Morgan fingerprint density at radius 3 is 2.28 bits per heavy atom. The fourth-order valence-electron chi connectivity index (χ4n) is 2.43. The van der Waals surface area contributed by atoms with Gasteiger partial charge in [0.1, 0.15) is 11.3 Å². The third-order valence-electron chi connectivity index (χ3n) is 3.68. The summed E-state index contributed by atoms with van der Waals surface area (Å²) < 4.78 is 5.90. The lowest BCUT2D eigenvalue weighted by molar-refractivity contribution is 0.103. The molecule has 0 unspecified atom stereocenters. The minimum absolute atomic E-state index is 0.225. The molecule has 0 saturated carbocycles. The van der Waals surface area contributed by atoms with Crippen LogP contribution in [-0.2, 0) is 0 Å². The smallest absolute Gasteiger partial charge is 0.335 e. The molecule has 0 saturated heterocycles. The van der Waals surface area contributed by atoms with Crippen LogP contribution < -0.4 is 16.0 Å². The van der Waals surface area contributed by atoms with E-state index in [1.165, 1.54) is 31.4 Å². The van der Waals surface area contributed by atoms with Gasteiger partial charge < -0.3 is 9.84 Å². The molecule has 3 aromatic rings. The normalized spacial score (nSPS) is 10.4. The number of aromatic hydroxyl groups is 1. The lowest BCUT2D eigenvalue weighted by Crippen LogP contribution is -2.33. The van der Waals surface area contributed by atoms with Crippen molar-refractivity contribution < 1.29 is 14.6 Å². The number of nitrogens with one attached hydrogen (secondary N) is 1. The molecule has 1 aromatic heterocycles. The molecule has 126 valence electrons. The Hall–Kier alpha value is -3.61. The number of aromatic amines is 1. The molecular formula is C18H14N2O5. The van der Waals surface area contributed by atoms with Gasteiger partial charge in [-0.2, -0.15) is 0 Å². The Morgan fingerprint density at radius 1 is 1.04 bits per heavy atom. The average Bonchev–Trinajstić information content (AvgIpc) is 2.62. The van der Waals surface area contributed by atoms with Crippen molar-refractivity contribution >= 4 is 5.78 Å². The maximum absolute atomic E-state index is 12.6. The Morgan fingerprint density at radius 2 is 1.68 bits per heavy atom. The van der Waals surface area contributed by atoms with Crippen LogP contribution in [0.3, 0.4) is 0 Å². The summed E-state index contributed by atoms with van der Waals surface area (Å²) in [6, 6.07) is 14.3. The highest BCUT2D eigenvalue weighted by atomic mass is 16.5. The third-order valence-corrected chi connectivity index (χ3v) is 3.68. The molecule has 3 rings (SSSR count). The highest BCUT2D eigenvalue weighted by Crippen LogP contribution is 2.21. The number of carbonyl (C=O) groups excluding carboxylic acids is 1. The second-order valence-corrected chi connectivity index (χ2v) is 5.19. The van der Waals surface area contributed by atoms with E-state index < -0.39 is 28.5 Å². The van der Waals surface area contributed by atoms with Crippen LogP contribution in [0.15, 0.2) is 64.2 Å². The van der Waals surface area contributed by atoms with Crippen molar-refractivity contribution in [3.05, 3.63) is 86.6 Å². The maximum atomic E-state index is 12.6. The van der Waals surface area contributed by atoms with Gasteiger partial charge in [0, 0.05) is 5.56 Å². The van der Waals surface area contributed by atoms with E-state index >= 15 is 0 Å². The number of nitrogens with zero attached hydrogens (tertiary/aromatic N) is 1. The predicted molar refractivity (Wildman–Crippen MR) is 90.8 cm³/mol. The lowest BCUT2D eigenvalue weighted by Gasteiger charge is -2.11. The van der Waals surface area contributed by atoms with Gasteiger partial charge in [0.2, 0.25) is 11.7 Å². The first-order chi connectivity index (χ1) is 12.0. The third kappa shape index (κ3) is 2.94. The van der Waals surface area contributed by atoms with Gasteiger partial charge in [-0.1, -0.05) is 30.3 Å². The van der Waals surface area contributed by atoms with Gasteiger partial charge in [-0.05, 0) is 24.3 Å². The Balaban J connectivity index is 2.20. The lowest BCUT2D eigenvalue weighted by atomic mass is 10.1. The van der Waals surface area contributed by atoms with E-state index in [0.29, 0.717) is 5.75 Å². The van der Waals surface area contributed by atoms with E-state index in [4.69, 9.17) is 4.74 Å². The van der Waals surface area contributed by atoms with Gasteiger partial charge >= 0.3 is 5.69 Å². The predicted octanol–water partition coefficient (Wildman–Crippen LogP) is 1.47. The molecule has 0 amide bonds. The summed E-state index contributed by atoms with van der Waals surface area (Å²) >= 11 is 0. The van der Waals surface area contributed by atoms with E-state index in [1.54, 1.807) is 30.3 Å². The van der Waals surface area contributed by atoms with E-state index in [2.05, 4.69) is 4.98 Å². The van der Waals surface area contributed by atoms with Gasteiger partial charge in [0.05, 0.1) is 12.8 Å². The van der Waals surface area contributed by atoms with Crippen LogP contribution in [0.2, 0.25) is 0 Å². The molecule has 7 heteroatoms. The van der Waals surface area contributed by atoms with Crippen LogP contribution in [0.5, 0.6) is 11.6 Å². The van der Waals surface area contributed by atoms with E-state index in [0.717, 1.165) is 4.57 Å². The van der Waals surface area contributed by atoms with Crippen LogP contribution in [0.1, 0.15) is 15.9 Å². The molecule has 0 radical (unpaired) electrons. The van der Waals surface area contributed by atoms with Crippen molar-refractivity contribution in [3.8, 4) is 17.3 Å². The number of rotatable bonds is 4. The van der Waals surface area contributed by atoms with Crippen molar-refractivity contribution in [2.75, 3.05) is 7.11 Å². The quantitative estimate of drug-likeness (QED) is 0.702. The summed E-state index contributed by atoms with van der Waals surface area (Å²) in [7, 11) is 1.50. The highest BCUT2D eigenvalue weighted by Gasteiger charge is 2.22. The zero-order valence-corrected chi connectivity index (χ0v) is 13.2. The number of ketones is 1. The van der Waals surface area contributed by atoms with Crippen LogP contribution in [-0.4, -0.2) is 27.6 Å². The zero-order valence-electron chi connectivity index (χ0n) is 13.2. The number of hydrogen-bond acceptors (Lipinski definition) is 5. The number of ether oxygens (including phenoxy) is 1. The van der Waals surface area contributed by atoms with E-state index in [9.17, 15) is 19.5 Å². The van der Waals surface area contributed by atoms with Crippen molar-refractivity contribution in [1.82, 2.24) is 9.55 Å². The maximum Gasteiger partial charge on any atom is 0.335 e. The minimum Gasteiger partial charge on any atom is -0.497 e. The summed E-state index contributed by atoms with van der Waals surface area (Å²) in [4.78, 5) is 38.9. The molecule has 25 heavy (non-hydrogen) atoms. The molecule has 7 nitrogen and oxygen atoms in total. The molecule has 0 fully saturated rings. The van der Waals surface area contributed by atoms with E-state index in [-0.39, 0.29) is 11.3 Å². The van der Waals surface area contributed by atoms with Gasteiger partial charge in [0.15, 0.2) is 0 Å². The molecule has 2 N–H and O–H groups in total. The van der Waals surface area contributed by atoms with Gasteiger partial charge in [-0.3, -0.25) is 14.6 Å². The first kappa shape index (κ1) is 16.3. The van der Waals surface area contributed by atoms with Gasteiger partial charge in [-0.25, -0.2) is 9.36 Å². The Kier molecular flexibility index (Phi) is 4.21. The number of aromatic nitrogens is 2. The Bertz CT molecular complexity index is 1030. The second kappa shape index (κ2) is 6.48. The standard InChI is InChI=1S/C18H14N2O5/c1-25-13-9-7-12(8-10-13)20-17(23)14(16(22)19-18(20)24)15(21)11-5-3-2-4-6-11/h2-10,23H,1H3,(H,19,22,24). The number of benzene rings is 2. The second-order valence-electron chi connectivity index (χ2n) is 5.19. The molecule has 0 spiro atoms. The number of H-pyrrole nitrogens is 1. The first-order valence-corrected chi connectivity index (χ1v) is 7.35. The molecule has 0 bridgehead atoms. The molecular weight excluding hydrogens is 324 g/mol. The van der Waals surface area contributed by atoms with Crippen LogP contribution in [0, 0.1) is 0 Å². The average molecular weight is 338 g/mol. The summed E-state index contributed by atoms with van der Waals surface area (Å²) in [5.41, 5.74) is -1.79. The summed E-state index contributed by atoms with van der Waals surface area (Å²) in [6.07, 6.45) is 0. The van der Waals surface area contributed by atoms with Crippen molar-refractivity contribution in [2.45, 2.75) is 0 Å². The zero-order chi connectivity index (χ0) is 18.0. The summed E-state index contributed by atoms with van der Waals surface area (Å²) in [5, 5.41) is 10.5. The number of carbonyl (C=O) groups is 1. The topological polar surface area (TPSA) is 101 Å². The molecule has 0 aliphatic heterocycles. The van der Waals surface area contributed by atoms with Gasteiger partial charge in [-0.15, -0.1) is 0 Å². The summed E-state index contributed by atoms with van der Waals surface area (Å²) in [5.74, 6) is -0.837. The SMILES string of the molecule is COc1ccc(-n2c(O)c(C(=O)c3ccccc3)c(=O)[nH]c2=O)cc1. The molecule has 1 heterocycles. The van der Waals surface area contributed by atoms with Gasteiger partial charge in [0.25, 0.3) is 5.56 Å². The molecule has 0 atom stereocenters. The van der Waals surface area contributed by atoms with Crippen LogP contribution >= 0.6 is 0 Å². The van der Waals surface area contributed by atoms with E-state index in [1.807, 2.05) is 0 Å². The van der Waals surface area contributed by atoms with Crippen LogP contribution in [0.25, 0.3) is 5.69 Å². The first-order valence-electron chi connectivity index (χ1n) is 7.35. The number of methoxy groups -OCH3 is 1. The molecule has 0 aliphatic carbocycles. The summed E-state index contributed by atoms with van der Waals surface area (Å²) in [6.45, 7) is 0. The van der Waals surface area contributed by atoms with Crippen molar-refractivity contribution in [2.24, 2.45) is 0 Å². The minimum atomic E-state index is -0.943. The monoisotopic (exact) mass is 338 g/mol. The highest BCUT2D eigenvalue weighted by molar-refractivity contribution is 6.10. The largest absolute Gasteiger partial charge is 0.497 e. The fraction of sp³-hybridized carbons (Fsp3) is 0.0556. The van der Waals surface area contributed by atoms with Crippen molar-refractivity contribution in [3.63, 3.8) is 0 Å². The fourth-order valence-corrected chi connectivity index (χ4v) is 2.43. The Labute approximate surface area is 141 Å². The van der Waals surface area contributed by atoms with Crippen molar-refractivity contribution in [1.29, 1.82) is 0 Å². The molecule has 0 aliphatic rings. The van der Waals surface area contributed by atoms with Crippen LogP contribution in [0.4, 0.5) is 0 Å². The molecule has 2 aromatic carbocycles. The number of hydrogen-bond donors (Lipinski definition) is 2.